The van der Waals surface area contributed by atoms with E-state index in [0.717, 1.165) is 6.07 Å². The fourth-order valence-corrected chi connectivity index (χ4v) is 2.73. The largest absolute Gasteiger partial charge is 0.478 e. The predicted molar refractivity (Wildman–Crippen MR) is 79.7 cm³/mol. The number of carbonyl (C=O) groups is 1. The zero-order chi connectivity index (χ0) is 16.3. The first-order chi connectivity index (χ1) is 10.4. The van der Waals surface area contributed by atoms with Crippen molar-refractivity contribution in [3.8, 4) is 6.07 Å². The van der Waals surface area contributed by atoms with Crippen LogP contribution in [0, 0.1) is 17.1 Å². The number of carboxylic acid groups (broad SMARTS) is 1. The van der Waals surface area contributed by atoms with E-state index in [9.17, 15) is 14.2 Å². The smallest absolute Gasteiger partial charge is 0.338 e. The molecule has 0 radical (unpaired) electrons. The van der Waals surface area contributed by atoms with Crippen LogP contribution in [0.5, 0.6) is 0 Å². The molecule has 0 aliphatic carbocycles. The van der Waals surface area contributed by atoms with Gasteiger partial charge in [0.05, 0.1) is 11.6 Å². The lowest BCUT2D eigenvalue weighted by Crippen LogP contribution is -2.49. The number of halogens is 1. The first-order valence-electron chi connectivity index (χ1n) is 6.97. The number of nitrogens with zero attached hydrogens (tertiary/aromatic N) is 1. The Morgan fingerprint density at radius 3 is 2.95 bits per heavy atom. The van der Waals surface area contributed by atoms with Crippen molar-refractivity contribution in [2.24, 2.45) is 0 Å². The van der Waals surface area contributed by atoms with Gasteiger partial charge in [-0.15, -0.1) is 0 Å². The molecule has 0 amide bonds. The van der Waals surface area contributed by atoms with Crippen LogP contribution in [0.3, 0.4) is 0 Å². The Labute approximate surface area is 128 Å². The fourth-order valence-electron chi connectivity index (χ4n) is 2.73. The van der Waals surface area contributed by atoms with E-state index in [-0.39, 0.29) is 17.8 Å². The number of fused-ring (bicyclic) bond motifs is 1. The van der Waals surface area contributed by atoms with Crippen molar-refractivity contribution in [2.75, 3.05) is 0 Å². The maximum absolute atomic E-state index is 13.7. The Morgan fingerprint density at radius 1 is 1.59 bits per heavy atom. The highest BCUT2D eigenvalue weighted by molar-refractivity contribution is 6.52. The third kappa shape index (κ3) is 3.29. The number of aromatic carboxylic acids is 1. The third-order valence-electron chi connectivity index (χ3n) is 3.82. The number of nitriles is 1. The van der Waals surface area contributed by atoms with Gasteiger partial charge in [0.15, 0.2) is 0 Å². The van der Waals surface area contributed by atoms with Crippen molar-refractivity contribution in [3.05, 3.63) is 46.9 Å². The molecule has 1 aliphatic heterocycles. The summed E-state index contributed by atoms with van der Waals surface area (Å²) in [6.07, 6.45) is 1.26. The number of nitrogens with one attached hydrogen (secondary N) is 1. The van der Waals surface area contributed by atoms with Crippen molar-refractivity contribution in [3.63, 3.8) is 0 Å². The van der Waals surface area contributed by atoms with Gasteiger partial charge in [-0.05, 0) is 36.4 Å². The molecule has 0 saturated heterocycles. The minimum absolute atomic E-state index is 0.0674. The number of allylic oxidation sites excluding steroid dienone is 1. The van der Waals surface area contributed by atoms with Gasteiger partial charge >= 0.3 is 12.9 Å². The second-order valence-electron chi connectivity index (χ2n) is 5.35. The highest BCUT2D eigenvalue weighted by atomic mass is 19.1. The number of hydrogen-bond acceptors (Lipinski definition) is 4. The number of rotatable bonds is 5. The van der Waals surface area contributed by atoms with Crippen LogP contribution in [0.25, 0.3) is 0 Å². The summed E-state index contributed by atoms with van der Waals surface area (Å²) in [5.74, 6) is -2.44. The summed E-state index contributed by atoms with van der Waals surface area (Å²) in [5, 5.41) is 31.0. The maximum Gasteiger partial charge on any atom is 0.338 e. The Kier molecular flexibility index (Phi) is 4.83. The van der Waals surface area contributed by atoms with Gasteiger partial charge in [0.25, 0.3) is 0 Å². The lowest BCUT2D eigenvalue weighted by molar-refractivity contribution is 0.0690. The van der Waals surface area contributed by atoms with E-state index >= 15 is 0 Å². The predicted octanol–water partition coefficient (Wildman–Crippen LogP) is 1.46. The minimum atomic E-state index is -1.33. The summed E-state index contributed by atoms with van der Waals surface area (Å²) in [6, 6.07) is 4.71. The molecule has 0 fully saturated rings. The van der Waals surface area contributed by atoms with E-state index in [4.69, 9.17) is 10.4 Å². The molecule has 0 bridgehead atoms. The molecule has 114 valence electrons. The van der Waals surface area contributed by atoms with Gasteiger partial charge < -0.3 is 15.4 Å². The molecule has 1 atom stereocenters. The average Bonchev–Trinajstić information content (AvgIpc) is 2.45. The molecule has 22 heavy (non-hydrogen) atoms. The summed E-state index contributed by atoms with van der Waals surface area (Å²) in [6.45, 7) is 2.97. The topological polar surface area (TPSA) is 93.4 Å². The van der Waals surface area contributed by atoms with Crippen LogP contribution in [-0.4, -0.2) is 29.0 Å². The van der Waals surface area contributed by atoms with E-state index < -0.39 is 18.7 Å². The van der Waals surface area contributed by atoms with Gasteiger partial charge in [-0.2, -0.15) is 5.26 Å². The number of benzene rings is 1. The molecule has 5 nitrogen and oxygen atoms in total. The molecule has 1 aromatic carbocycles. The molecule has 1 unspecified atom stereocenters. The second kappa shape index (κ2) is 6.63. The van der Waals surface area contributed by atoms with E-state index in [1.807, 2.05) is 6.07 Å². The summed E-state index contributed by atoms with van der Waals surface area (Å²) in [4.78, 5) is 11.2. The zero-order valence-electron chi connectivity index (χ0n) is 12.0. The maximum atomic E-state index is 13.7. The molecule has 0 aromatic heterocycles. The van der Waals surface area contributed by atoms with Gasteiger partial charge in [-0.1, -0.05) is 12.6 Å². The molecule has 2 rings (SSSR count). The lowest BCUT2D eigenvalue weighted by atomic mass is 9.50. The Morgan fingerprint density at radius 2 is 2.32 bits per heavy atom. The number of hydrogen-bond donors (Lipinski definition) is 3. The van der Waals surface area contributed by atoms with E-state index in [1.54, 1.807) is 6.07 Å². The van der Waals surface area contributed by atoms with E-state index in [1.165, 1.54) is 0 Å². The zero-order valence-corrected chi connectivity index (χ0v) is 12.0. The molecule has 0 spiro atoms. The Balaban J connectivity index is 2.21. The summed E-state index contributed by atoms with van der Waals surface area (Å²) in [7, 11) is 0. The van der Waals surface area contributed by atoms with E-state index in [0.29, 0.717) is 36.1 Å². The molecule has 1 aliphatic rings. The quantitative estimate of drug-likeness (QED) is 0.716. The van der Waals surface area contributed by atoms with Crippen LogP contribution in [0.4, 0.5) is 4.39 Å². The number of carboxylic acids is 1. The summed E-state index contributed by atoms with van der Waals surface area (Å²) >= 11 is 0. The van der Waals surface area contributed by atoms with Gasteiger partial charge in [0, 0.05) is 18.1 Å². The van der Waals surface area contributed by atoms with Gasteiger partial charge in [-0.3, -0.25) is 0 Å². The molecule has 7 heteroatoms. The molecular weight excluding hydrogens is 286 g/mol. The molecule has 1 heterocycles. The van der Waals surface area contributed by atoms with Crippen LogP contribution >= 0.6 is 0 Å². The monoisotopic (exact) mass is 302 g/mol. The van der Waals surface area contributed by atoms with Crippen molar-refractivity contribution in [2.45, 2.75) is 31.5 Å². The normalized spacial score (nSPS) is 16.6. The van der Waals surface area contributed by atoms with Gasteiger partial charge in [0.2, 0.25) is 0 Å². The van der Waals surface area contributed by atoms with Crippen molar-refractivity contribution in [1.82, 2.24) is 5.32 Å². The Hall–Kier alpha value is -2.33. The molecule has 1 aromatic rings. The second-order valence-corrected chi connectivity index (χ2v) is 5.35. The van der Waals surface area contributed by atoms with Crippen molar-refractivity contribution in [1.29, 1.82) is 5.26 Å². The standard InChI is InChI=1S/C15H16BFN2O3/c1-9(3-2-6-18)19-13-7-10-4-5-12(17)14(15(20)21)11(10)8-16(13)22/h4-5,13,19,22H,1-3,7-8H2,(H,20,21). The van der Waals surface area contributed by atoms with Crippen LogP contribution in [-0.2, 0) is 12.7 Å². The molecule has 0 saturated carbocycles. The average molecular weight is 302 g/mol. The SMILES string of the molecule is C=C(CCC#N)NC1Cc2ccc(F)c(C(=O)O)c2CB1O. The first kappa shape index (κ1) is 16.1. The Bertz CT molecular complexity index is 657. The first-order valence-corrected chi connectivity index (χ1v) is 6.97. The van der Waals surface area contributed by atoms with Gasteiger partial charge in [0.1, 0.15) is 5.82 Å². The lowest BCUT2D eigenvalue weighted by Gasteiger charge is -2.30. The van der Waals surface area contributed by atoms with Crippen molar-refractivity contribution < 1.29 is 19.3 Å². The summed E-state index contributed by atoms with van der Waals surface area (Å²) < 4.78 is 13.7. The molecular formula is C15H16BFN2O3. The van der Waals surface area contributed by atoms with Gasteiger partial charge in [-0.25, -0.2) is 9.18 Å². The van der Waals surface area contributed by atoms with Crippen LogP contribution in [0.2, 0.25) is 0 Å². The molecule has 3 N–H and O–H groups in total. The summed E-state index contributed by atoms with van der Waals surface area (Å²) in [5.41, 5.74) is 1.34. The third-order valence-corrected chi connectivity index (χ3v) is 3.82. The fraction of sp³-hybridized carbons (Fsp3) is 0.333. The highest BCUT2D eigenvalue weighted by Crippen LogP contribution is 2.26. The van der Waals surface area contributed by atoms with E-state index in [2.05, 4.69) is 11.9 Å². The van der Waals surface area contributed by atoms with Crippen molar-refractivity contribution >= 4 is 12.9 Å². The van der Waals surface area contributed by atoms with Crippen LogP contribution in [0.1, 0.15) is 34.3 Å². The minimum Gasteiger partial charge on any atom is -0.478 e. The van der Waals surface area contributed by atoms with Crippen LogP contribution in [0.15, 0.2) is 24.4 Å². The highest BCUT2D eigenvalue weighted by Gasteiger charge is 2.34. The van der Waals surface area contributed by atoms with Crippen LogP contribution < -0.4 is 5.32 Å².